The van der Waals surface area contributed by atoms with E-state index in [4.69, 9.17) is 35.5 Å². The van der Waals surface area contributed by atoms with E-state index in [9.17, 15) is 77.6 Å². The van der Waals surface area contributed by atoms with Crippen LogP contribution in [-0.2, 0) is 81.3 Å². The third-order valence-corrected chi connectivity index (χ3v) is 15.4. The van der Waals surface area contributed by atoms with Crippen LogP contribution < -0.4 is 64.6 Å². The molecule has 0 aromatic carbocycles. The van der Waals surface area contributed by atoms with Gasteiger partial charge in [0.15, 0.2) is 0 Å². The quantitative estimate of drug-likeness (QED) is 0.0258. The second-order valence-corrected chi connectivity index (χ2v) is 24.5. The fourth-order valence-corrected chi connectivity index (χ4v) is 9.21. The molecule has 570 valence electrons. The van der Waals surface area contributed by atoms with E-state index >= 15 is 0 Å². The topological polar surface area (TPSA) is 519 Å². The first-order valence-electron chi connectivity index (χ1n) is 34.4. The second-order valence-electron chi connectivity index (χ2n) is 24.5. The maximum atomic E-state index is 13.8. The molecule has 0 fully saturated rings. The highest BCUT2D eigenvalue weighted by Crippen LogP contribution is 2.15. The van der Waals surface area contributed by atoms with E-state index in [1.54, 1.807) is 33.1 Å². The number of hydrogen-bond donors (Lipinski definition) is 16. The van der Waals surface area contributed by atoms with Crippen LogP contribution in [0.3, 0.4) is 0 Å². The minimum Gasteiger partial charge on any atom is -0.481 e. The molecular formula is C64H118N14O21. The van der Waals surface area contributed by atoms with Crippen molar-refractivity contribution in [1.82, 2.24) is 63.0 Å². The molecule has 0 aliphatic carbocycles. The number of carbonyl (C=O) groups is 13. The number of aliphatic hydroxyl groups excluding tert-OH is 3. The molecular weight excluding hydrogens is 1300 g/mol. The van der Waals surface area contributed by atoms with Gasteiger partial charge in [0.25, 0.3) is 0 Å². The van der Waals surface area contributed by atoms with Crippen molar-refractivity contribution in [2.45, 2.75) is 197 Å². The molecule has 0 rings (SSSR count). The molecule has 0 heterocycles. The SMILES string of the molecule is C[C@H](CNC(=O)[C@H](CO)NC(=O)[C@H](CCC(N)=O)NC(=O)[C@H](CCN(C)C)NC(=O)[C@H](CO)NC(=O)[C@H](CCC(N)=O)NC(=O)[C@@H](CO)NC(=O)CNC(=O)COCCOCCNC(=O)COCCOCCNC(=O)CCCCCCCCCCCCCCCCCCC(=O)O)N(C)C. The van der Waals surface area contributed by atoms with Crippen molar-refractivity contribution >= 4 is 76.9 Å². The lowest BCUT2D eigenvalue weighted by molar-refractivity contribution is -0.137. The van der Waals surface area contributed by atoms with E-state index in [1.165, 1.54) is 64.2 Å². The predicted molar refractivity (Wildman–Crippen MR) is 362 cm³/mol. The summed E-state index contributed by atoms with van der Waals surface area (Å²) in [5, 5.41) is 63.1. The number of carbonyl (C=O) groups excluding carboxylic acids is 12. The highest BCUT2D eigenvalue weighted by Gasteiger charge is 2.34. The minimum atomic E-state index is -1.83. The van der Waals surface area contributed by atoms with Gasteiger partial charge in [-0.25, -0.2) is 0 Å². The number of ether oxygens (including phenoxy) is 4. The third kappa shape index (κ3) is 50.7. The Labute approximate surface area is 581 Å². The molecule has 0 saturated heterocycles. The van der Waals surface area contributed by atoms with Gasteiger partial charge < -0.3 is 114 Å². The van der Waals surface area contributed by atoms with E-state index in [-0.39, 0.29) is 96.4 Å². The molecule has 99 heavy (non-hydrogen) atoms. The molecule has 0 radical (unpaired) electrons. The number of amides is 12. The van der Waals surface area contributed by atoms with Crippen LogP contribution in [0.15, 0.2) is 0 Å². The molecule has 7 atom stereocenters. The Hall–Kier alpha value is -7.25. The van der Waals surface area contributed by atoms with Crippen LogP contribution in [0.4, 0.5) is 0 Å². The summed E-state index contributed by atoms with van der Waals surface area (Å²) in [7, 11) is 6.86. The Morgan fingerprint density at radius 1 is 0.374 bits per heavy atom. The number of carboxylic acids is 1. The maximum absolute atomic E-state index is 13.8. The molecule has 0 aliphatic heterocycles. The molecule has 18 N–H and O–H groups in total. The fraction of sp³-hybridized carbons (Fsp3) is 0.797. The van der Waals surface area contributed by atoms with Crippen molar-refractivity contribution in [3.05, 3.63) is 0 Å². The van der Waals surface area contributed by atoms with Crippen molar-refractivity contribution < 1.29 is 102 Å². The maximum Gasteiger partial charge on any atom is 0.303 e. The Balaban J connectivity index is 4.74. The van der Waals surface area contributed by atoms with Crippen LogP contribution in [0.25, 0.3) is 0 Å². The first-order valence-corrected chi connectivity index (χ1v) is 34.4. The molecule has 0 aromatic rings. The van der Waals surface area contributed by atoms with Crippen molar-refractivity contribution in [3.8, 4) is 0 Å². The minimum absolute atomic E-state index is 0.00916. The monoisotopic (exact) mass is 1420 g/mol. The lowest BCUT2D eigenvalue weighted by atomic mass is 10.0. The smallest absolute Gasteiger partial charge is 0.303 e. The van der Waals surface area contributed by atoms with E-state index in [0.29, 0.717) is 19.6 Å². The summed E-state index contributed by atoms with van der Waals surface area (Å²) in [6.45, 7) is -0.868. The highest BCUT2D eigenvalue weighted by molar-refractivity contribution is 5.98. The van der Waals surface area contributed by atoms with Gasteiger partial charge in [-0.05, 0) is 73.8 Å². The summed E-state index contributed by atoms with van der Waals surface area (Å²) in [5.41, 5.74) is 10.6. The van der Waals surface area contributed by atoms with Crippen molar-refractivity contribution in [2.24, 2.45) is 11.5 Å². The summed E-state index contributed by atoms with van der Waals surface area (Å²) in [5.74, 6) is -10.7. The van der Waals surface area contributed by atoms with Crippen LogP contribution in [0.2, 0.25) is 0 Å². The normalized spacial score (nSPS) is 13.3. The number of hydrogen-bond acceptors (Lipinski definition) is 22. The van der Waals surface area contributed by atoms with Gasteiger partial charge in [0, 0.05) is 51.4 Å². The molecule has 0 bridgehead atoms. The highest BCUT2D eigenvalue weighted by atomic mass is 16.5. The van der Waals surface area contributed by atoms with Crippen molar-refractivity contribution in [3.63, 3.8) is 0 Å². The van der Waals surface area contributed by atoms with Crippen LogP contribution in [0.5, 0.6) is 0 Å². The molecule has 0 saturated carbocycles. The number of rotatable bonds is 64. The van der Waals surface area contributed by atoms with Gasteiger partial charge in [0.2, 0.25) is 70.9 Å². The molecule has 35 heteroatoms. The van der Waals surface area contributed by atoms with Crippen LogP contribution >= 0.6 is 0 Å². The lowest BCUT2D eigenvalue weighted by Gasteiger charge is -2.27. The summed E-state index contributed by atoms with van der Waals surface area (Å²) < 4.78 is 21.4. The van der Waals surface area contributed by atoms with Gasteiger partial charge in [-0.3, -0.25) is 62.3 Å². The van der Waals surface area contributed by atoms with E-state index in [2.05, 4.69) is 53.2 Å². The van der Waals surface area contributed by atoms with Gasteiger partial charge in [-0.15, -0.1) is 0 Å². The number of carboxylic acid groups (broad SMARTS) is 1. The predicted octanol–water partition coefficient (Wildman–Crippen LogP) is -4.06. The first-order chi connectivity index (χ1) is 47.2. The fourth-order valence-electron chi connectivity index (χ4n) is 9.21. The number of unbranched alkanes of at least 4 members (excludes halogenated alkanes) is 15. The standard InChI is InChI=1S/C64H118N14O21/c1-45(78(4)5)38-70-59(90)49(40-79)75-60(91)46(24-26-52(65)82)72-62(93)48(28-31-77(2)3)74-64(95)51(42-81)76-61(92)47(25-27-53(66)83)73-63(94)50(41-80)71-55(85)39-69-57(87)44-99-37-35-97-33-30-68-56(86)43-98-36-34-96-32-29-67-54(84)22-20-18-16-14-12-10-8-6-7-9-11-13-15-17-19-21-23-58(88)89/h45-51,79-81H,6-44H2,1-5H3,(H2,65,82)(H2,66,83)(H,67,84)(H,68,86)(H,69,87)(H,70,90)(H,71,85)(H,72,93)(H,73,94)(H,74,95)(H,75,91)(H,76,92)(H,88,89)/t45-,46+,47+,48+,49+,50-,51+/m1/s1. The number of nitrogens with zero attached hydrogens (tertiary/aromatic N) is 2. The number of likely N-dealkylation sites (N-methyl/N-ethyl adjacent to an activating group) is 1. The zero-order valence-corrected chi connectivity index (χ0v) is 58.9. The molecule has 35 nitrogen and oxygen atoms in total. The Bertz CT molecular complexity index is 2380. The zero-order chi connectivity index (χ0) is 74.2. The second kappa shape index (κ2) is 58.5. The molecule has 0 unspecified atom stereocenters. The number of primary amides is 2. The van der Waals surface area contributed by atoms with Crippen LogP contribution in [-0.4, -0.2) is 283 Å². The summed E-state index contributed by atoms with van der Waals surface area (Å²) in [6.07, 6.45) is 17.2. The van der Waals surface area contributed by atoms with Gasteiger partial charge in [-0.1, -0.05) is 89.9 Å². The largest absolute Gasteiger partial charge is 0.481 e. The van der Waals surface area contributed by atoms with E-state index < -0.39 is 154 Å². The summed E-state index contributed by atoms with van der Waals surface area (Å²) >= 11 is 0. The Morgan fingerprint density at radius 3 is 1.11 bits per heavy atom. The first kappa shape index (κ1) is 91.8. The van der Waals surface area contributed by atoms with E-state index in [1.807, 2.05) is 11.8 Å². The van der Waals surface area contributed by atoms with Crippen LogP contribution in [0, 0.1) is 0 Å². The molecule has 0 spiro atoms. The molecule has 0 aromatic heterocycles. The Morgan fingerprint density at radius 2 is 0.717 bits per heavy atom. The third-order valence-electron chi connectivity index (χ3n) is 15.4. The number of aliphatic hydroxyl groups is 3. The lowest BCUT2D eigenvalue weighted by Crippen LogP contribution is -2.61. The van der Waals surface area contributed by atoms with Gasteiger partial charge >= 0.3 is 5.97 Å². The van der Waals surface area contributed by atoms with Gasteiger partial charge in [0.1, 0.15) is 49.5 Å². The van der Waals surface area contributed by atoms with Crippen molar-refractivity contribution in [2.75, 3.05) is 134 Å². The van der Waals surface area contributed by atoms with Gasteiger partial charge in [0.05, 0.1) is 66.0 Å². The summed E-state index contributed by atoms with van der Waals surface area (Å²) in [4.78, 5) is 168. The average Bonchev–Trinajstić information content (AvgIpc) is 0.882. The Kier molecular flexibility index (Phi) is 54.2. The molecule has 12 amide bonds. The number of aliphatic carboxylic acids is 1. The number of nitrogens with one attached hydrogen (secondary N) is 10. The molecule has 0 aliphatic rings. The van der Waals surface area contributed by atoms with Crippen molar-refractivity contribution in [1.29, 1.82) is 0 Å². The number of nitrogens with two attached hydrogens (primary N) is 2. The zero-order valence-electron chi connectivity index (χ0n) is 58.9. The average molecular weight is 1420 g/mol. The van der Waals surface area contributed by atoms with Gasteiger partial charge in [-0.2, -0.15) is 0 Å². The van der Waals surface area contributed by atoms with E-state index in [0.717, 1.165) is 38.5 Å². The van der Waals surface area contributed by atoms with Crippen LogP contribution in [0.1, 0.15) is 155 Å². The summed E-state index contributed by atoms with van der Waals surface area (Å²) in [6, 6.07) is -9.86.